The fourth-order valence-corrected chi connectivity index (χ4v) is 2.84. The average molecular weight is 381 g/mol. The second-order valence-electron chi connectivity index (χ2n) is 4.08. The van der Waals surface area contributed by atoms with Crippen LogP contribution < -0.4 is 28.5 Å². The van der Waals surface area contributed by atoms with E-state index in [1.807, 2.05) is 20.8 Å². The first-order chi connectivity index (χ1) is 7.99. The highest BCUT2D eigenvalue weighted by molar-refractivity contribution is 7.11. The molecule has 18 heavy (non-hydrogen) atoms. The van der Waals surface area contributed by atoms with Crippen LogP contribution >= 0.6 is 11.3 Å². The number of hydrogen-bond acceptors (Lipinski definition) is 1. The maximum Gasteiger partial charge on any atom is 0.234 e. The highest BCUT2D eigenvalue weighted by atomic mass is 127. The van der Waals surface area contributed by atoms with Crippen molar-refractivity contribution in [3.63, 3.8) is 0 Å². The molecule has 0 aliphatic rings. The zero-order chi connectivity index (χ0) is 12.6. The molecule has 0 unspecified atom stereocenters. The minimum absolute atomic E-state index is 0. The SMILES string of the molecule is Cc1sc(C)[n+](Cc2ccc(F)cc2F)c1C.[I-]. The average Bonchev–Trinajstić information content (AvgIpc) is 2.48. The summed E-state index contributed by atoms with van der Waals surface area (Å²) in [5.74, 6) is -1.02. The number of thiazole rings is 1. The maximum absolute atomic E-state index is 13.6. The molecule has 0 aliphatic carbocycles. The van der Waals surface area contributed by atoms with E-state index in [9.17, 15) is 8.78 Å². The molecule has 0 aliphatic heterocycles. The van der Waals surface area contributed by atoms with Gasteiger partial charge in [-0.3, -0.25) is 0 Å². The van der Waals surface area contributed by atoms with Gasteiger partial charge in [-0.15, -0.1) is 0 Å². The molecule has 0 fully saturated rings. The van der Waals surface area contributed by atoms with Gasteiger partial charge in [-0.25, -0.2) is 8.78 Å². The fourth-order valence-electron chi connectivity index (χ4n) is 1.83. The Morgan fingerprint density at radius 2 is 1.83 bits per heavy atom. The Labute approximate surface area is 126 Å². The number of aromatic nitrogens is 1. The monoisotopic (exact) mass is 381 g/mol. The van der Waals surface area contributed by atoms with E-state index in [2.05, 4.69) is 4.57 Å². The molecule has 0 bridgehead atoms. The number of nitrogens with zero attached hydrogens (tertiary/aromatic N) is 1. The Hall–Kier alpha value is -0.560. The second kappa shape index (κ2) is 6.06. The summed E-state index contributed by atoms with van der Waals surface area (Å²) in [6.07, 6.45) is 0. The molecule has 1 aromatic carbocycles. The second-order valence-corrected chi connectivity index (χ2v) is 5.49. The number of aryl methyl sites for hydroxylation is 2. The zero-order valence-electron chi connectivity index (χ0n) is 10.4. The first-order valence-corrected chi connectivity index (χ1v) is 6.21. The quantitative estimate of drug-likeness (QED) is 0.520. The number of rotatable bonds is 2. The van der Waals surface area contributed by atoms with Crippen LogP contribution in [0.25, 0.3) is 0 Å². The predicted molar refractivity (Wildman–Crippen MR) is 64.2 cm³/mol. The van der Waals surface area contributed by atoms with Crippen LogP contribution in [0.2, 0.25) is 0 Å². The Balaban J connectivity index is 0.00000162. The van der Waals surface area contributed by atoms with E-state index in [-0.39, 0.29) is 24.0 Å². The van der Waals surface area contributed by atoms with Crippen molar-refractivity contribution >= 4 is 11.3 Å². The van der Waals surface area contributed by atoms with E-state index in [0.29, 0.717) is 12.1 Å². The van der Waals surface area contributed by atoms with Crippen molar-refractivity contribution in [2.75, 3.05) is 0 Å². The van der Waals surface area contributed by atoms with Crippen LogP contribution in [0.4, 0.5) is 8.78 Å². The molecular weight excluding hydrogens is 367 g/mol. The summed E-state index contributed by atoms with van der Waals surface area (Å²) in [5, 5.41) is 1.13. The van der Waals surface area contributed by atoms with Gasteiger partial charge in [0.1, 0.15) is 11.6 Å². The van der Waals surface area contributed by atoms with Gasteiger partial charge in [-0.2, -0.15) is 4.57 Å². The first-order valence-electron chi connectivity index (χ1n) is 5.39. The largest absolute Gasteiger partial charge is 1.00 e. The summed E-state index contributed by atoms with van der Waals surface area (Å²) >= 11 is 1.69. The highest BCUT2D eigenvalue weighted by Gasteiger charge is 2.19. The highest BCUT2D eigenvalue weighted by Crippen LogP contribution is 2.16. The molecule has 0 saturated carbocycles. The third-order valence-electron chi connectivity index (χ3n) is 2.94. The van der Waals surface area contributed by atoms with Crippen LogP contribution in [0.3, 0.4) is 0 Å². The topological polar surface area (TPSA) is 3.88 Å². The maximum atomic E-state index is 13.6. The van der Waals surface area contributed by atoms with E-state index < -0.39 is 11.6 Å². The van der Waals surface area contributed by atoms with E-state index in [1.165, 1.54) is 17.0 Å². The summed E-state index contributed by atoms with van der Waals surface area (Å²) in [6.45, 7) is 6.52. The van der Waals surface area contributed by atoms with Gasteiger partial charge in [0, 0.05) is 19.9 Å². The van der Waals surface area contributed by atoms with Gasteiger partial charge < -0.3 is 24.0 Å². The van der Waals surface area contributed by atoms with Gasteiger partial charge in [0.15, 0.2) is 12.2 Å². The first kappa shape index (κ1) is 15.5. The van der Waals surface area contributed by atoms with Crippen LogP contribution in [0.15, 0.2) is 18.2 Å². The van der Waals surface area contributed by atoms with Crippen LogP contribution in [0.5, 0.6) is 0 Å². The van der Waals surface area contributed by atoms with Crippen molar-refractivity contribution in [3.8, 4) is 0 Å². The van der Waals surface area contributed by atoms with Gasteiger partial charge in [-0.05, 0) is 19.1 Å². The molecule has 1 aromatic heterocycles. The summed E-state index contributed by atoms with van der Waals surface area (Å²) in [7, 11) is 0. The van der Waals surface area contributed by atoms with Gasteiger partial charge >= 0.3 is 0 Å². The van der Waals surface area contributed by atoms with Crippen molar-refractivity contribution < 1.29 is 37.3 Å². The lowest BCUT2D eigenvalue weighted by Crippen LogP contribution is -3.00. The minimum Gasteiger partial charge on any atom is -1.00 e. The standard InChI is InChI=1S/C13H14F2NS.HI/c1-8-9(2)17-10(3)16(8)7-11-4-5-12(14)6-13(11)15;/h4-6H,7H2,1-3H3;1H/q+1;/p-1. The summed E-state index contributed by atoms with van der Waals surface area (Å²) < 4.78 is 28.4. The van der Waals surface area contributed by atoms with Crippen LogP contribution in [-0.4, -0.2) is 0 Å². The molecule has 1 nitrogen and oxygen atoms in total. The van der Waals surface area contributed by atoms with Crippen molar-refractivity contribution in [2.24, 2.45) is 0 Å². The molecule has 2 aromatic rings. The Kier molecular flexibility index (Phi) is 5.21. The van der Waals surface area contributed by atoms with Crippen molar-refractivity contribution in [2.45, 2.75) is 27.3 Å². The van der Waals surface area contributed by atoms with Crippen molar-refractivity contribution in [1.29, 1.82) is 0 Å². The van der Waals surface area contributed by atoms with Gasteiger partial charge in [0.05, 0.1) is 10.4 Å². The van der Waals surface area contributed by atoms with E-state index in [0.717, 1.165) is 16.8 Å². The minimum atomic E-state index is -0.536. The van der Waals surface area contributed by atoms with E-state index in [1.54, 1.807) is 11.3 Å². The smallest absolute Gasteiger partial charge is 0.234 e. The lowest BCUT2D eigenvalue weighted by atomic mass is 10.2. The molecule has 0 N–H and O–H groups in total. The van der Waals surface area contributed by atoms with Crippen LogP contribution in [-0.2, 0) is 6.54 Å². The lowest BCUT2D eigenvalue weighted by Gasteiger charge is -2.01. The molecular formula is C13H14F2INS. The number of benzene rings is 1. The number of hydrogen-bond donors (Lipinski definition) is 0. The Morgan fingerprint density at radius 3 is 2.33 bits per heavy atom. The molecule has 5 heteroatoms. The molecule has 0 spiro atoms. The Morgan fingerprint density at radius 1 is 1.17 bits per heavy atom. The third-order valence-corrected chi connectivity index (χ3v) is 4.06. The molecule has 98 valence electrons. The van der Waals surface area contributed by atoms with Crippen LogP contribution in [0.1, 0.15) is 21.1 Å². The Bertz CT molecular complexity index is 566. The molecule has 0 saturated heterocycles. The van der Waals surface area contributed by atoms with Crippen LogP contribution in [0, 0.1) is 32.4 Å². The van der Waals surface area contributed by atoms with Crippen molar-refractivity contribution in [1.82, 2.24) is 0 Å². The molecule has 2 rings (SSSR count). The van der Waals surface area contributed by atoms with E-state index >= 15 is 0 Å². The lowest BCUT2D eigenvalue weighted by molar-refractivity contribution is -0.695. The number of halogens is 3. The van der Waals surface area contributed by atoms with Gasteiger partial charge in [0.2, 0.25) is 5.01 Å². The molecule has 1 heterocycles. The summed E-state index contributed by atoms with van der Waals surface area (Å²) in [4.78, 5) is 1.23. The molecule has 0 amide bonds. The summed E-state index contributed by atoms with van der Waals surface area (Å²) in [5.41, 5.74) is 1.65. The predicted octanol–water partition coefficient (Wildman–Crippen LogP) is 0.291. The normalized spacial score (nSPS) is 10.3. The molecule has 0 radical (unpaired) electrons. The zero-order valence-corrected chi connectivity index (χ0v) is 13.4. The third kappa shape index (κ3) is 3.06. The molecule has 0 atom stereocenters. The fraction of sp³-hybridized carbons (Fsp3) is 0.308. The van der Waals surface area contributed by atoms with E-state index in [4.69, 9.17) is 0 Å². The summed E-state index contributed by atoms with van der Waals surface area (Å²) in [6, 6.07) is 3.73. The van der Waals surface area contributed by atoms with Crippen molar-refractivity contribution in [3.05, 3.63) is 51.0 Å². The van der Waals surface area contributed by atoms with Gasteiger partial charge in [-0.1, -0.05) is 11.3 Å². The van der Waals surface area contributed by atoms with Gasteiger partial charge in [0.25, 0.3) is 0 Å².